The normalized spacial score (nSPS) is 21.8. The highest BCUT2D eigenvalue weighted by atomic mass is 32.1. The predicted octanol–water partition coefficient (Wildman–Crippen LogP) is 4.41. The highest BCUT2D eigenvalue weighted by Crippen LogP contribution is 2.39. The average molecular weight is 311 g/mol. The first-order chi connectivity index (χ1) is 10.8. The highest BCUT2D eigenvalue weighted by molar-refractivity contribution is 7.10. The van der Waals surface area contributed by atoms with E-state index in [1.165, 1.54) is 28.8 Å². The Morgan fingerprint density at radius 2 is 1.86 bits per heavy atom. The number of hydrogen-bond acceptors (Lipinski definition) is 2. The van der Waals surface area contributed by atoms with Crippen LogP contribution < -0.4 is 0 Å². The monoisotopic (exact) mass is 311 g/mol. The molecule has 0 unspecified atom stereocenters. The quantitative estimate of drug-likeness (QED) is 0.804. The molecule has 2 aliphatic rings. The van der Waals surface area contributed by atoms with Crippen LogP contribution in [0.25, 0.3) is 0 Å². The van der Waals surface area contributed by atoms with Crippen LogP contribution in [0.1, 0.15) is 47.7 Å². The van der Waals surface area contributed by atoms with E-state index in [2.05, 4.69) is 40.6 Å². The Labute approximate surface area is 135 Å². The van der Waals surface area contributed by atoms with Crippen LogP contribution in [0.3, 0.4) is 0 Å². The van der Waals surface area contributed by atoms with E-state index in [1.54, 1.807) is 0 Å². The zero-order valence-electron chi connectivity index (χ0n) is 12.7. The molecule has 4 rings (SSSR count). The van der Waals surface area contributed by atoms with Gasteiger partial charge in [0.25, 0.3) is 0 Å². The van der Waals surface area contributed by atoms with E-state index in [0.717, 1.165) is 25.8 Å². The fraction of sp³-hybridized carbons (Fsp3) is 0.421. The molecule has 2 nitrogen and oxygen atoms in total. The number of thiophene rings is 1. The van der Waals surface area contributed by atoms with Crippen LogP contribution in [0.4, 0.5) is 0 Å². The lowest BCUT2D eigenvalue weighted by molar-refractivity contribution is -0.137. The van der Waals surface area contributed by atoms with E-state index < -0.39 is 0 Å². The Morgan fingerprint density at radius 1 is 1.09 bits per heavy atom. The molecule has 114 valence electrons. The largest absolute Gasteiger partial charge is 0.331 e. The molecule has 1 aliphatic carbocycles. The van der Waals surface area contributed by atoms with Crippen molar-refractivity contribution in [2.45, 2.75) is 38.1 Å². The molecule has 1 fully saturated rings. The molecule has 2 aromatic rings. The third-order valence-electron chi connectivity index (χ3n) is 5.07. The second kappa shape index (κ2) is 5.88. The lowest BCUT2D eigenvalue weighted by atomic mass is 9.91. The van der Waals surface area contributed by atoms with Crippen molar-refractivity contribution in [1.82, 2.24) is 4.90 Å². The van der Waals surface area contributed by atoms with Gasteiger partial charge in [0.05, 0.1) is 6.04 Å². The molecule has 1 saturated carbocycles. The van der Waals surface area contributed by atoms with Crippen molar-refractivity contribution in [3.8, 4) is 0 Å². The second-order valence-electron chi connectivity index (χ2n) is 6.38. The molecule has 0 spiro atoms. The Hall–Kier alpha value is -1.61. The van der Waals surface area contributed by atoms with E-state index in [1.807, 2.05) is 17.4 Å². The standard InChI is InChI=1S/C19H21NOS/c21-19(15-8-4-5-9-15)20-12-10-17-16(11-13-22-17)18(20)14-6-2-1-3-7-14/h1-3,6-7,11,13,15,18H,4-5,8-10,12H2/t18-/m1/s1. The lowest BCUT2D eigenvalue weighted by Gasteiger charge is -2.37. The minimum absolute atomic E-state index is 0.115. The molecule has 0 saturated heterocycles. The molecule has 1 aliphatic heterocycles. The number of carbonyl (C=O) groups is 1. The maximum absolute atomic E-state index is 13.0. The van der Waals surface area contributed by atoms with Crippen molar-refractivity contribution < 1.29 is 4.79 Å². The van der Waals surface area contributed by atoms with Crippen LogP contribution in [0.15, 0.2) is 41.8 Å². The first-order valence-electron chi connectivity index (χ1n) is 8.26. The minimum atomic E-state index is 0.115. The van der Waals surface area contributed by atoms with Crippen molar-refractivity contribution in [1.29, 1.82) is 0 Å². The Kier molecular flexibility index (Phi) is 3.75. The summed E-state index contributed by atoms with van der Waals surface area (Å²) >= 11 is 1.83. The molecule has 22 heavy (non-hydrogen) atoms. The molecular weight excluding hydrogens is 290 g/mol. The highest BCUT2D eigenvalue weighted by Gasteiger charge is 2.36. The van der Waals surface area contributed by atoms with Gasteiger partial charge in [0, 0.05) is 17.3 Å². The third-order valence-corrected chi connectivity index (χ3v) is 6.07. The van der Waals surface area contributed by atoms with Gasteiger partial charge in [-0.25, -0.2) is 0 Å². The summed E-state index contributed by atoms with van der Waals surface area (Å²) in [5.74, 6) is 0.634. The summed E-state index contributed by atoms with van der Waals surface area (Å²) in [6, 6.07) is 12.8. The molecule has 1 aromatic heterocycles. The van der Waals surface area contributed by atoms with Crippen molar-refractivity contribution in [2.24, 2.45) is 5.92 Å². The van der Waals surface area contributed by atoms with Crippen molar-refractivity contribution >= 4 is 17.2 Å². The van der Waals surface area contributed by atoms with Gasteiger partial charge in [0.15, 0.2) is 0 Å². The zero-order chi connectivity index (χ0) is 14.9. The predicted molar refractivity (Wildman–Crippen MR) is 90.0 cm³/mol. The topological polar surface area (TPSA) is 20.3 Å². The lowest BCUT2D eigenvalue weighted by Crippen LogP contribution is -2.42. The van der Waals surface area contributed by atoms with Crippen LogP contribution in [-0.4, -0.2) is 17.4 Å². The number of hydrogen-bond donors (Lipinski definition) is 0. The Morgan fingerprint density at radius 3 is 2.64 bits per heavy atom. The molecule has 0 bridgehead atoms. The maximum atomic E-state index is 13.0. The summed E-state index contributed by atoms with van der Waals surface area (Å²) in [5.41, 5.74) is 2.59. The smallest absolute Gasteiger partial charge is 0.226 e. The van der Waals surface area contributed by atoms with E-state index in [4.69, 9.17) is 0 Å². The number of rotatable bonds is 2. The fourth-order valence-electron chi connectivity index (χ4n) is 3.96. The van der Waals surface area contributed by atoms with Crippen LogP contribution in [0, 0.1) is 5.92 Å². The van der Waals surface area contributed by atoms with Crippen molar-refractivity contribution in [3.05, 3.63) is 57.8 Å². The number of carbonyl (C=O) groups excluding carboxylic acids is 1. The molecule has 0 radical (unpaired) electrons. The first kappa shape index (κ1) is 14.0. The third kappa shape index (κ3) is 2.38. The van der Waals surface area contributed by atoms with Crippen LogP contribution in [0.5, 0.6) is 0 Å². The van der Waals surface area contributed by atoms with E-state index >= 15 is 0 Å². The molecule has 1 aromatic carbocycles. The summed E-state index contributed by atoms with van der Waals surface area (Å²) < 4.78 is 0. The summed E-state index contributed by atoms with van der Waals surface area (Å²) in [7, 11) is 0. The van der Waals surface area contributed by atoms with Gasteiger partial charge in [-0.3, -0.25) is 4.79 Å². The van der Waals surface area contributed by atoms with Gasteiger partial charge in [-0.1, -0.05) is 43.2 Å². The van der Waals surface area contributed by atoms with Gasteiger partial charge in [0.2, 0.25) is 5.91 Å². The number of amides is 1. The molecule has 3 heteroatoms. The van der Waals surface area contributed by atoms with Crippen LogP contribution in [0.2, 0.25) is 0 Å². The zero-order valence-corrected chi connectivity index (χ0v) is 13.5. The first-order valence-corrected chi connectivity index (χ1v) is 9.14. The van der Waals surface area contributed by atoms with Gasteiger partial charge < -0.3 is 4.90 Å². The minimum Gasteiger partial charge on any atom is -0.331 e. The molecule has 0 N–H and O–H groups in total. The van der Waals surface area contributed by atoms with Crippen LogP contribution >= 0.6 is 11.3 Å². The fourth-order valence-corrected chi connectivity index (χ4v) is 4.86. The van der Waals surface area contributed by atoms with E-state index in [0.29, 0.717) is 5.91 Å². The van der Waals surface area contributed by atoms with Crippen molar-refractivity contribution in [3.63, 3.8) is 0 Å². The summed E-state index contributed by atoms with van der Waals surface area (Å²) in [6.07, 6.45) is 5.59. The molecular formula is C19H21NOS. The van der Waals surface area contributed by atoms with Gasteiger partial charge >= 0.3 is 0 Å². The number of nitrogens with zero attached hydrogens (tertiary/aromatic N) is 1. The summed E-state index contributed by atoms with van der Waals surface area (Å²) in [6.45, 7) is 0.863. The van der Waals surface area contributed by atoms with Crippen molar-refractivity contribution in [2.75, 3.05) is 6.54 Å². The Bertz CT molecular complexity index is 657. The molecule has 2 heterocycles. The average Bonchev–Trinajstić information content (AvgIpc) is 3.25. The van der Waals surface area contributed by atoms with Gasteiger partial charge in [-0.2, -0.15) is 0 Å². The summed E-state index contributed by atoms with van der Waals surface area (Å²) in [4.78, 5) is 16.6. The second-order valence-corrected chi connectivity index (χ2v) is 7.38. The maximum Gasteiger partial charge on any atom is 0.226 e. The van der Waals surface area contributed by atoms with E-state index in [-0.39, 0.29) is 12.0 Å². The van der Waals surface area contributed by atoms with Crippen LogP contribution in [-0.2, 0) is 11.2 Å². The number of fused-ring (bicyclic) bond motifs is 1. The van der Waals surface area contributed by atoms with Gasteiger partial charge in [-0.15, -0.1) is 11.3 Å². The van der Waals surface area contributed by atoms with Gasteiger partial charge in [0.1, 0.15) is 0 Å². The summed E-state index contributed by atoms with van der Waals surface area (Å²) in [5, 5.41) is 2.17. The molecule has 1 atom stereocenters. The van der Waals surface area contributed by atoms with E-state index in [9.17, 15) is 4.79 Å². The molecule has 1 amide bonds. The van der Waals surface area contributed by atoms with Gasteiger partial charge in [-0.05, 0) is 41.8 Å². The number of benzene rings is 1. The Balaban J connectivity index is 1.72. The SMILES string of the molecule is O=C(C1CCCC1)N1CCc2sccc2[C@H]1c1ccccc1.